The van der Waals surface area contributed by atoms with E-state index < -0.39 is 11.7 Å². The minimum Gasteiger partial charge on any atom is -0.507 e. The number of hydrogen-bond acceptors (Lipinski definition) is 3. The van der Waals surface area contributed by atoms with Crippen LogP contribution in [0.2, 0.25) is 0 Å². The number of nitrogens with two attached hydrogens (primary N) is 1. The highest BCUT2D eigenvalue weighted by atomic mass is 19.1. The Morgan fingerprint density at radius 1 is 1.17 bits per heavy atom. The average molecular weight is 246 g/mol. The summed E-state index contributed by atoms with van der Waals surface area (Å²) in [5.74, 6) is -1.42. The lowest BCUT2D eigenvalue weighted by Gasteiger charge is -2.09. The van der Waals surface area contributed by atoms with E-state index in [0.717, 1.165) is 0 Å². The third-order valence-electron chi connectivity index (χ3n) is 2.43. The number of nitrogen functional groups attached to an aromatic ring is 1. The molecule has 2 aromatic carbocycles. The molecule has 0 aromatic heterocycles. The average Bonchev–Trinajstić information content (AvgIpc) is 2.34. The molecule has 2 rings (SSSR count). The number of carbonyl (C=O) groups is 1. The molecule has 18 heavy (non-hydrogen) atoms. The second-order valence-electron chi connectivity index (χ2n) is 3.68. The van der Waals surface area contributed by atoms with Gasteiger partial charge in [0.05, 0.1) is 11.3 Å². The molecule has 5 heteroatoms. The second-order valence-corrected chi connectivity index (χ2v) is 3.68. The number of benzene rings is 2. The van der Waals surface area contributed by atoms with Crippen molar-refractivity contribution in [1.82, 2.24) is 0 Å². The van der Waals surface area contributed by atoms with Gasteiger partial charge in [0.25, 0.3) is 5.91 Å². The maximum Gasteiger partial charge on any atom is 0.259 e. The molecule has 0 bridgehead atoms. The summed E-state index contributed by atoms with van der Waals surface area (Å²) in [5, 5.41) is 11.8. The third kappa shape index (κ3) is 2.24. The molecule has 0 saturated carbocycles. The lowest BCUT2D eigenvalue weighted by Crippen LogP contribution is -2.14. The van der Waals surface area contributed by atoms with Crippen molar-refractivity contribution >= 4 is 17.3 Å². The Morgan fingerprint density at radius 2 is 1.89 bits per heavy atom. The minimum absolute atomic E-state index is 0.0557. The quantitative estimate of drug-likeness (QED) is 0.712. The van der Waals surface area contributed by atoms with Crippen LogP contribution < -0.4 is 11.1 Å². The van der Waals surface area contributed by atoms with Crippen molar-refractivity contribution in [2.24, 2.45) is 0 Å². The van der Waals surface area contributed by atoms with Gasteiger partial charge in [-0.05, 0) is 24.3 Å². The van der Waals surface area contributed by atoms with Crippen LogP contribution in [0.5, 0.6) is 5.75 Å². The zero-order chi connectivity index (χ0) is 13.1. The van der Waals surface area contributed by atoms with Crippen LogP contribution >= 0.6 is 0 Å². The lowest BCUT2D eigenvalue weighted by molar-refractivity contribution is 0.102. The van der Waals surface area contributed by atoms with Gasteiger partial charge >= 0.3 is 0 Å². The van der Waals surface area contributed by atoms with Crippen molar-refractivity contribution in [3.8, 4) is 5.75 Å². The fraction of sp³-hybridized carbons (Fsp3) is 0. The standard InChI is InChI=1S/C13H11FN2O2/c14-9-5-3-6-10(15)12(9)16-13(18)8-4-1-2-7-11(8)17/h1-7,17H,15H2,(H,16,18). The first-order valence-electron chi connectivity index (χ1n) is 5.23. The predicted molar refractivity (Wildman–Crippen MR) is 66.9 cm³/mol. The van der Waals surface area contributed by atoms with E-state index in [9.17, 15) is 14.3 Å². The number of para-hydroxylation sites is 2. The maximum absolute atomic E-state index is 13.5. The molecule has 1 amide bonds. The molecule has 0 heterocycles. The first-order valence-corrected chi connectivity index (χ1v) is 5.23. The van der Waals surface area contributed by atoms with Crippen molar-refractivity contribution in [1.29, 1.82) is 0 Å². The zero-order valence-corrected chi connectivity index (χ0v) is 9.35. The number of amides is 1. The Morgan fingerprint density at radius 3 is 2.56 bits per heavy atom. The summed E-state index contributed by atoms with van der Waals surface area (Å²) in [4.78, 5) is 11.8. The van der Waals surface area contributed by atoms with Crippen LogP contribution in [0.3, 0.4) is 0 Å². The highest BCUT2D eigenvalue weighted by molar-refractivity contribution is 6.07. The Hall–Kier alpha value is -2.56. The minimum atomic E-state index is -0.626. The summed E-state index contributed by atoms with van der Waals surface area (Å²) < 4.78 is 13.5. The number of halogens is 1. The number of carbonyl (C=O) groups excluding carboxylic acids is 1. The van der Waals surface area contributed by atoms with E-state index in [1.54, 1.807) is 12.1 Å². The summed E-state index contributed by atoms with van der Waals surface area (Å²) in [6.07, 6.45) is 0. The van der Waals surface area contributed by atoms with Crippen LogP contribution in [0, 0.1) is 5.82 Å². The number of rotatable bonds is 2. The Labute approximate surface area is 103 Å². The van der Waals surface area contributed by atoms with E-state index in [1.165, 1.54) is 30.3 Å². The van der Waals surface area contributed by atoms with E-state index in [0.29, 0.717) is 0 Å². The summed E-state index contributed by atoms with van der Waals surface area (Å²) in [6.45, 7) is 0. The molecule has 0 spiro atoms. The largest absolute Gasteiger partial charge is 0.507 e. The summed E-state index contributed by atoms with van der Waals surface area (Å²) in [7, 11) is 0. The predicted octanol–water partition coefficient (Wildman–Crippen LogP) is 2.37. The normalized spacial score (nSPS) is 10.1. The van der Waals surface area contributed by atoms with Gasteiger partial charge in [0.15, 0.2) is 0 Å². The van der Waals surface area contributed by atoms with Gasteiger partial charge in [-0.2, -0.15) is 0 Å². The van der Waals surface area contributed by atoms with Crippen LogP contribution in [0.15, 0.2) is 42.5 Å². The number of phenols is 1. The number of nitrogens with one attached hydrogen (secondary N) is 1. The fourth-order valence-electron chi connectivity index (χ4n) is 1.52. The van der Waals surface area contributed by atoms with Gasteiger partial charge in [-0.15, -0.1) is 0 Å². The van der Waals surface area contributed by atoms with Crippen LogP contribution in [0.25, 0.3) is 0 Å². The molecule has 0 saturated heterocycles. The van der Waals surface area contributed by atoms with Crippen molar-refractivity contribution in [2.45, 2.75) is 0 Å². The summed E-state index contributed by atoms with van der Waals surface area (Å²) in [6, 6.07) is 10.1. The zero-order valence-electron chi connectivity index (χ0n) is 9.35. The Bertz CT molecular complexity index is 579. The SMILES string of the molecule is Nc1cccc(F)c1NC(=O)c1ccccc1O. The third-order valence-corrected chi connectivity index (χ3v) is 2.43. The molecular weight excluding hydrogens is 235 g/mol. The van der Waals surface area contributed by atoms with Crippen LogP contribution in [-0.2, 0) is 0 Å². The molecule has 2 aromatic rings. The van der Waals surface area contributed by atoms with Crippen LogP contribution in [-0.4, -0.2) is 11.0 Å². The molecule has 4 N–H and O–H groups in total. The monoisotopic (exact) mass is 246 g/mol. The molecule has 0 fully saturated rings. The van der Waals surface area contributed by atoms with E-state index in [1.807, 2.05) is 0 Å². The molecule has 92 valence electrons. The molecule has 0 aliphatic heterocycles. The van der Waals surface area contributed by atoms with Crippen molar-refractivity contribution in [2.75, 3.05) is 11.1 Å². The number of phenolic OH excluding ortho intramolecular Hbond substituents is 1. The van der Waals surface area contributed by atoms with E-state index >= 15 is 0 Å². The van der Waals surface area contributed by atoms with Crippen molar-refractivity contribution in [3.63, 3.8) is 0 Å². The van der Waals surface area contributed by atoms with E-state index in [4.69, 9.17) is 5.73 Å². The first kappa shape index (κ1) is 11.9. The highest BCUT2D eigenvalue weighted by Gasteiger charge is 2.14. The molecule has 4 nitrogen and oxygen atoms in total. The maximum atomic E-state index is 13.5. The molecule has 0 radical (unpaired) electrons. The molecular formula is C13H11FN2O2. The number of anilines is 2. The van der Waals surface area contributed by atoms with Gasteiger partial charge in [0.2, 0.25) is 0 Å². The molecule has 0 aliphatic carbocycles. The van der Waals surface area contributed by atoms with Gasteiger partial charge < -0.3 is 16.2 Å². The second kappa shape index (κ2) is 4.75. The highest BCUT2D eigenvalue weighted by Crippen LogP contribution is 2.24. The summed E-state index contributed by atoms with van der Waals surface area (Å²) in [5.41, 5.74) is 5.66. The Balaban J connectivity index is 2.30. The van der Waals surface area contributed by atoms with Gasteiger partial charge in [0, 0.05) is 0 Å². The number of aromatic hydroxyl groups is 1. The summed E-state index contributed by atoms with van der Waals surface area (Å²) >= 11 is 0. The van der Waals surface area contributed by atoms with Crippen LogP contribution in [0.4, 0.5) is 15.8 Å². The van der Waals surface area contributed by atoms with Crippen molar-refractivity contribution < 1.29 is 14.3 Å². The Kier molecular flexibility index (Phi) is 3.14. The topological polar surface area (TPSA) is 75.3 Å². The van der Waals surface area contributed by atoms with Gasteiger partial charge in [-0.3, -0.25) is 4.79 Å². The van der Waals surface area contributed by atoms with E-state index in [-0.39, 0.29) is 22.7 Å². The number of hydrogen-bond donors (Lipinski definition) is 3. The molecule has 0 aliphatic rings. The smallest absolute Gasteiger partial charge is 0.259 e. The van der Waals surface area contributed by atoms with Crippen molar-refractivity contribution in [3.05, 3.63) is 53.8 Å². The molecule has 0 atom stereocenters. The fourth-order valence-corrected chi connectivity index (χ4v) is 1.52. The van der Waals surface area contributed by atoms with Gasteiger partial charge in [0.1, 0.15) is 17.3 Å². The first-order chi connectivity index (χ1) is 8.59. The van der Waals surface area contributed by atoms with E-state index in [2.05, 4.69) is 5.32 Å². The van der Waals surface area contributed by atoms with Gasteiger partial charge in [-0.1, -0.05) is 18.2 Å². The van der Waals surface area contributed by atoms with Gasteiger partial charge in [-0.25, -0.2) is 4.39 Å². The van der Waals surface area contributed by atoms with Crippen LogP contribution in [0.1, 0.15) is 10.4 Å². The molecule has 0 unspecified atom stereocenters. The lowest BCUT2D eigenvalue weighted by atomic mass is 10.1.